The fourth-order valence-corrected chi connectivity index (χ4v) is 6.27. The molecule has 3 aromatic rings. The summed E-state index contributed by atoms with van der Waals surface area (Å²) >= 11 is 0. The largest absolute Gasteiger partial charge is 0.508 e. The van der Waals surface area contributed by atoms with Crippen LogP contribution < -0.4 is 5.32 Å². The van der Waals surface area contributed by atoms with E-state index in [0.717, 1.165) is 38.6 Å². The third-order valence-corrected chi connectivity index (χ3v) is 7.94. The lowest BCUT2D eigenvalue weighted by Gasteiger charge is -2.60. The van der Waals surface area contributed by atoms with Crippen LogP contribution in [0.4, 0.5) is 0 Å². The number of nitrogens with one attached hydrogen (secondary N) is 1. The lowest BCUT2D eigenvalue weighted by molar-refractivity contribution is 0.0245. The maximum Gasteiger partial charge on any atom is 0.115 e. The molecule has 0 aromatic heterocycles. The van der Waals surface area contributed by atoms with Gasteiger partial charge in [0, 0.05) is 11.5 Å². The summed E-state index contributed by atoms with van der Waals surface area (Å²) in [6.07, 6.45) is 5.44. The van der Waals surface area contributed by atoms with E-state index in [2.05, 4.69) is 72.9 Å². The molecule has 0 radical (unpaired) electrons. The van der Waals surface area contributed by atoms with Gasteiger partial charge in [-0.15, -0.1) is 0 Å². The zero-order valence-electron chi connectivity index (χ0n) is 17.8. The maximum atomic E-state index is 10.3. The van der Waals surface area contributed by atoms with Crippen LogP contribution in [0.1, 0.15) is 42.0 Å². The van der Waals surface area contributed by atoms with Crippen LogP contribution in [0.2, 0.25) is 0 Å². The smallest absolute Gasteiger partial charge is 0.115 e. The zero-order chi connectivity index (χ0) is 20.6. The third kappa shape index (κ3) is 3.15. The second-order valence-electron chi connectivity index (χ2n) is 9.45. The van der Waals surface area contributed by atoms with Crippen LogP contribution in [-0.4, -0.2) is 17.7 Å². The quantitative estimate of drug-likeness (QED) is 0.615. The number of piperidine rings is 1. The van der Waals surface area contributed by atoms with Crippen molar-refractivity contribution in [2.45, 2.75) is 50.5 Å². The van der Waals surface area contributed by atoms with Crippen molar-refractivity contribution in [1.29, 1.82) is 0 Å². The topological polar surface area (TPSA) is 32.3 Å². The highest BCUT2D eigenvalue weighted by Gasteiger charge is 2.57. The first kappa shape index (κ1) is 19.4. The molecular weight excluding hydrogens is 366 g/mol. The zero-order valence-corrected chi connectivity index (χ0v) is 17.8. The third-order valence-electron chi connectivity index (χ3n) is 7.94. The van der Waals surface area contributed by atoms with E-state index >= 15 is 0 Å². The van der Waals surface area contributed by atoms with E-state index < -0.39 is 0 Å². The molecule has 2 nitrogen and oxygen atoms in total. The van der Waals surface area contributed by atoms with Gasteiger partial charge in [0.1, 0.15) is 5.75 Å². The maximum absolute atomic E-state index is 10.3. The lowest BCUT2D eigenvalue weighted by Crippen LogP contribution is -2.64. The Balaban J connectivity index is 1.57. The van der Waals surface area contributed by atoms with Crippen molar-refractivity contribution in [1.82, 2.24) is 5.32 Å². The number of hydrogen-bond acceptors (Lipinski definition) is 2. The van der Waals surface area contributed by atoms with Crippen molar-refractivity contribution in [2.75, 3.05) is 6.54 Å². The van der Waals surface area contributed by atoms with Gasteiger partial charge in [0.2, 0.25) is 0 Å². The van der Waals surface area contributed by atoms with Gasteiger partial charge in [-0.05, 0) is 78.5 Å². The Morgan fingerprint density at radius 3 is 2.40 bits per heavy atom. The summed E-state index contributed by atoms with van der Waals surface area (Å²) in [6.45, 7) is 3.52. The Hall–Kier alpha value is -2.58. The van der Waals surface area contributed by atoms with Gasteiger partial charge in [-0.3, -0.25) is 0 Å². The van der Waals surface area contributed by atoms with Crippen LogP contribution in [0.3, 0.4) is 0 Å². The fraction of sp³-hybridized carbons (Fsp3) is 0.357. The first-order chi connectivity index (χ1) is 14.6. The molecule has 1 aliphatic carbocycles. The van der Waals surface area contributed by atoms with Crippen LogP contribution in [0.5, 0.6) is 5.75 Å². The van der Waals surface area contributed by atoms with Gasteiger partial charge in [-0.1, -0.05) is 73.7 Å². The molecule has 154 valence electrons. The van der Waals surface area contributed by atoms with Crippen molar-refractivity contribution in [3.8, 4) is 5.75 Å². The SMILES string of the molecule is CC12Cc3ccccc3CC1(c1cccc(O)c1)CCNC2CCc1ccccc1. The van der Waals surface area contributed by atoms with Crippen molar-refractivity contribution in [3.63, 3.8) is 0 Å². The fourth-order valence-electron chi connectivity index (χ4n) is 6.27. The summed E-state index contributed by atoms with van der Waals surface area (Å²) < 4.78 is 0. The number of benzene rings is 3. The first-order valence-corrected chi connectivity index (χ1v) is 11.2. The number of phenols is 1. The van der Waals surface area contributed by atoms with Gasteiger partial charge < -0.3 is 10.4 Å². The number of hydrogen-bond donors (Lipinski definition) is 2. The Labute approximate surface area is 180 Å². The Kier molecular flexibility index (Phi) is 4.91. The van der Waals surface area contributed by atoms with E-state index in [9.17, 15) is 5.11 Å². The van der Waals surface area contributed by atoms with Gasteiger partial charge in [0.15, 0.2) is 0 Å². The molecule has 3 aromatic carbocycles. The minimum absolute atomic E-state index is 0.0344. The minimum Gasteiger partial charge on any atom is -0.508 e. The van der Waals surface area contributed by atoms with Gasteiger partial charge in [0.25, 0.3) is 0 Å². The monoisotopic (exact) mass is 397 g/mol. The van der Waals surface area contributed by atoms with Crippen molar-refractivity contribution >= 4 is 0 Å². The molecule has 0 saturated carbocycles. The first-order valence-electron chi connectivity index (χ1n) is 11.2. The average molecular weight is 398 g/mol. The van der Waals surface area contributed by atoms with E-state index in [-0.39, 0.29) is 10.8 Å². The summed E-state index contributed by atoms with van der Waals surface area (Å²) in [7, 11) is 0. The Morgan fingerprint density at radius 2 is 1.63 bits per heavy atom. The molecule has 0 spiro atoms. The van der Waals surface area contributed by atoms with E-state index in [1.165, 1.54) is 22.3 Å². The van der Waals surface area contributed by atoms with Crippen LogP contribution in [0.25, 0.3) is 0 Å². The number of aryl methyl sites for hydroxylation is 1. The summed E-state index contributed by atoms with van der Waals surface area (Å²) in [4.78, 5) is 0. The highest BCUT2D eigenvalue weighted by atomic mass is 16.3. The van der Waals surface area contributed by atoms with Crippen LogP contribution >= 0.6 is 0 Å². The summed E-state index contributed by atoms with van der Waals surface area (Å²) in [5.74, 6) is 0.377. The highest BCUT2D eigenvalue weighted by Crippen LogP contribution is 2.57. The predicted molar refractivity (Wildman–Crippen MR) is 123 cm³/mol. The molecule has 2 aliphatic rings. The number of phenolic OH excluding ortho intramolecular Hbond substituents is 1. The molecule has 2 heteroatoms. The van der Waals surface area contributed by atoms with Crippen LogP contribution in [0, 0.1) is 5.41 Å². The standard InChI is InChI=1S/C28H31NO/c1-27-19-22-10-5-6-11-23(22)20-28(27,24-12-7-13-25(30)18-24)16-17-29-26(27)15-14-21-8-3-2-4-9-21/h2-13,18,26,29-30H,14-17,19-20H2,1H3. The van der Waals surface area contributed by atoms with Crippen molar-refractivity contribution in [3.05, 3.63) is 101 Å². The van der Waals surface area contributed by atoms with E-state index in [4.69, 9.17) is 0 Å². The van der Waals surface area contributed by atoms with Crippen molar-refractivity contribution < 1.29 is 5.11 Å². The lowest BCUT2D eigenvalue weighted by atomic mass is 9.47. The molecule has 2 N–H and O–H groups in total. The molecule has 30 heavy (non-hydrogen) atoms. The molecule has 5 rings (SSSR count). The summed E-state index contributed by atoms with van der Waals surface area (Å²) in [6, 6.07) is 28.3. The van der Waals surface area contributed by atoms with Gasteiger partial charge in [-0.25, -0.2) is 0 Å². The Morgan fingerprint density at radius 1 is 0.900 bits per heavy atom. The molecule has 0 amide bonds. The highest BCUT2D eigenvalue weighted by molar-refractivity contribution is 5.44. The van der Waals surface area contributed by atoms with E-state index in [0.29, 0.717) is 11.8 Å². The molecule has 1 aliphatic heterocycles. The van der Waals surface area contributed by atoms with E-state index in [1.54, 1.807) is 6.07 Å². The number of rotatable bonds is 4. The van der Waals surface area contributed by atoms with Gasteiger partial charge in [-0.2, -0.15) is 0 Å². The number of aromatic hydroxyl groups is 1. The summed E-state index contributed by atoms with van der Waals surface area (Å²) in [5, 5.41) is 14.2. The van der Waals surface area contributed by atoms with Crippen LogP contribution in [-0.2, 0) is 24.7 Å². The predicted octanol–water partition coefficient (Wildman–Crippen LogP) is 5.43. The molecule has 1 saturated heterocycles. The van der Waals surface area contributed by atoms with E-state index in [1.807, 2.05) is 12.1 Å². The minimum atomic E-state index is 0.0344. The molecule has 1 fully saturated rings. The second kappa shape index (κ2) is 7.59. The molecule has 0 bridgehead atoms. The average Bonchev–Trinajstić information content (AvgIpc) is 2.77. The Bertz CT molecular complexity index is 1030. The van der Waals surface area contributed by atoms with Crippen molar-refractivity contribution in [2.24, 2.45) is 5.41 Å². The number of fused-ring (bicyclic) bond motifs is 2. The second-order valence-corrected chi connectivity index (χ2v) is 9.45. The van der Waals surface area contributed by atoms with Crippen LogP contribution in [0.15, 0.2) is 78.9 Å². The summed E-state index contributed by atoms with van der Waals surface area (Å²) in [5.41, 5.74) is 5.79. The molecule has 3 unspecified atom stereocenters. The molecule has 3 atom stereocenters. The van der Waals surface area contributed by atoms with Gasteiger partial charge >= 0.3 is 0 Å². The van der Waals surface area contributed by atoms with Gasteiger partial charge in [0.05, 0.1) is 0 Å². The molecule has 1 heterocycles. The normalized spacial score (nSPS) is 27.8. The molecular formula is C28H31NO.